The van der Waals surface area contributed by atoms with Crippen LogP contribution in [0.5, 0.6) is 0 Å². The summed E-state index contributed by atoms with van der Waals surface area (Å²) in [6.45, 7) is 3.74. The highest BCUT2D eigenvalue weighted by Crippen LogP contribution is 2.49. The van der Waals surface area contributed by atoms with Gasteiger partial charge in [-0.3, -0.25) is 19.6 Å². The van der Waals surface area contributed by atoms with E-state index >= 15 is 8.78 Å². The number of carbonyl (C=O) groups excluding carboxylic acids is 3. The number of ketones is 2. The van der Waals surface area contributed by atoms with E-state index in [4.69, 9.17) is 0 Å². The third kappa shape index (κ3) is 5.41. The van der Waals surface area contributed by atoms with Crippen LogP contribution in [-0.4, -0.2) is 72.8 Å². The van der Waals surface area contributed by atoms with Crippen LogP contribution < -0.4 is 15.7 Å². The lowest BCUT2D eigenvalue weighted by Crippen LogP contribution is -2.54. The molecule has 2 aromatic rings. The van der Waals surface area contributed by atoms with Gasteiger partial charge in [0.05, 0.1) is 28.2 Å². The zero-order valence-corrected chi connectivity index (χ0v) is 25.7. The molecule has 0 spiro atoms. The second-order valence-corrected chi connectivity index (χ2v) is 12.4. The molecule has 1 amide bonds. The largest absolute Gasteiger partial charge is 0.355 e. The Morgan fingerprint density at radius 3 is 2.28 bits per heavy atom. The number of fused-ring (bicyclic) bond motifs is 1. The second kappa shape index (κ2) is 11.6. The lowest BCUT2D eigenvalue weighted by atomic mass is 9.98. The zero-order chi connectivity index (χ0) is 33.1. The van der Waals surface area contributed by atoms with E-state index < -0.39 is 40.4 Å². The van der Waals surface area contributed by atoms with Crippen LogP contribution >= 0.6 is 0 Å². The minimum absolute atomic E-state index is 0.0209. The molecule has 7 rings (SSSR count). The molecule has 2 saturated carbocycles. The van der Waals surface area contributed by atoms with Crippen molar-refractivity contribution >= 4 is 35.2 Å². The van der Waals surface area contributed by atoms with Crippen molar-refractivity contribution in [2.24, 2.45) is 0 Å². The molecule has 0 bridgehead atoms. The molecule has 14 heteroatoms. The number of aromatic nitrogens is 4. The fourth-order valence-corrected chi connectivity index (χ4v) is 6.35. The van der Waals surface area contributed by atoms with Crippen LogP contribution in [0, 0.1) is 0 Å². The van der Waals surface area contributed by atoms with Crippen molar-refractivity contribution in [3.8, 4) is 5.69 Å². The van der Waals surface area contributed by atoms with Gasteiger partial charge in [-0.25, -0.2) is 33.2 Å². The average Bonchev–Trinajstić information content (AvgIpc) is 3.95. The standard InChI is InChI=1S/C33H31F2N7O5/c1-17-15-39(25(45)11-6-18(2)43)12-13-40(17)31-21-14-23(35)29(26-22(34)4-3-5-24(26)44)42(47)32(21)41(33(46)38-31)30-27(19-7-8-19)36-16-37-28(30)20-9-10-20/h3-6,11,14,16-17,19-20,47H,7-10,12-13,15H2,1-2H3/b11-6+,29-26-/t17-/m0/s1. The fraction of sp³-hybridized carbons (Fsp3) is 0.364. The van der Waals surface area contributed by atoms with E-state index in [2.05, 4.69) is 15.0 Å². The number of nitrogens with zero attached hydrogens (tertiary/aromatic N) is 7. The van der Waals surface area contributed by atoms with Crippen LogP contribution in [0.4, 0.5) is 20.4 Å². The number of amides is 1. The Morgan fingerprint density at radius 1 is 1.00 bits per heavy atom. The zero-order valence-electron chi connectivity index (χ0n) is 25.7. The van der Waals surface area contributed by atoms with Gasteiger partial charge in [0.25, 0.3) is 0 Å². The molecule has 1 atom stereocenters. The van der Waals surface area contributed by atoms with Gasteiger partial charge in [-0.15, -0.1) is 0 Å². The molecule has 0 radical (unpaired) electrons. The van der Waals surface area contributed by atoms with Crippen LogP contribution in [-0.2, 0) is 14.4 Å². The van der Waals surface area contributed by atoms with Gasteiger partial charge in [-0.05, 0) is 63.8 Å². The van der Waals surface area contributed by atoms with Gasteiger partial charge in [0.1, 0.15) is 23.7 Å². The molecular weight excluding hydrogens is 612 g/mol. The van der Waals surface area contributed by atoms with Crippen LogP contribution in [0.15, 0.2) is 64.4 Å². The van der Waals surface area contributed by atoms with Crippen LogP contribution in [0.2, 0.25) is 0 Å². The number of hydroxylamine groups is 1. The Labute approximate surface area is 267 Å². The number of hydrogen-bond acceptors (Lipinski definition) is 10. The van der Waals surface area contributed by atoms with E-state index in [1.54, 1.807) is 16.7 Å². The van der Waals surface area contributed by atoms with Gasteiger partial charge in [-0.2, -0.15) is 4.98 Å². The Kier molecular flexibility index (Phi) is 7.54. The molecule has 3 aliphatic carbocycles. The summed E-state index contributed by atoms with van der Waals surface area (Å²) < 4.78 is 32.4. The molecule has 0 aromatic carbocycles. The van der Waals surface area contributed by atoms with Crippen molar-refractivity contribution in [2.45, 2.75) is 57.4 Å². The fourth-order valence-electron chi connectivity index (χ4n) is 6.35. The summed E-state index contributed by atoms with van der Waals surface area (Å²) in [5, 5.41) is 12.2. The van der Waals surface area contributed by atoms with E-state index in [0.29, 0.717) is 22.1 Å². The van der Waals surface area contributed by atoms with E-state index in [-0.39, 0.29) is 60.4 Å². The highest BCUT2D eigenvalue weighted by Gasteiger charge is 2.41. The quantitative estimate of drug-likeness (QED) is 0.463. The topological polar surface area (TPSA) is 142 Å². The summed E-state index contributed by atoms with van der Waals surface area (Å²) in [6, 6.07) is -0.428. The summed E-state index contributed by atoms with van der Waals surface area (Å²) in [4.78, 5) is 67.9. The summed E-state index contributed by atoms with van der Waals surface area (Å²) in [5.74, 6) is -3.74. The summed E-state index contributed by atoms with van der Waals surface area (Å²) in [6.07, 6.45) is 11.5. The molecular formula is C33H31F2N7O5. The first-order valence-corrected chi connectivity index (χ1v) is 15.5. The maximum atomic E-state index is 16.1. The van der Waals surface area contributed by atoms with Crippen molar-refractivity contribution in [3.05, 3.63) is 87.1 Å². The third-order valence-corrected chi connectivity index (χ3v) is 8.91. The van der Waals surface area contributed by atoms with Crippen LogP contribution in [0.1, 0.15) is 68.3 Å². The van der Waals surface area contributed by atoms with Gasteiger partial charge in [-0.1, -0.05) is 6.08 Å². The molecule has 47 heavy (non-hydrogen) atoms. The molecule has 1 saturated heterocycles. The van der Waals surface area contributed by atoms with E-state index in [1.165, 1.54) is 31.5 Å². The number of piperazine rings is 1. The van der Waals surface area contributed by atoms with Crippen molar-refractivity contribution in [3.63, 3.8) is 0 Å². The number of rotatable bonds is 6. The van der Waals surface area contributed by atoms with Crippen molar-refractivity contribution in [1.29, 1.82) is 0 Å². The smallest absolute Gasteiger partial charge is 0.350 e. The molecule has 4 heterocycles. The Hall–Kier alpha value is -5.11. The minimum atomic E-state index is -1.11. The minimum Gasteiger partial charge on any atom is -0.350 e. The predicted molar refractivity (Wildman–Crippen MR) is 166 cm³/mol. The van der Waals surface area contributed by atoms with Crippen molar-refractivity contribution < 1.29 is 28.4 Å². The molecule has 3 fully saturated rings. The van der Waals surface area contributed by atoms with Crippen molar-refractivity contribution in [1.82, 2.24) is 24.4 Å². The molecule has 12 nitrogen and oxygen atoms in total. The number of hydrogen-bond donors (Lipinski definition) is 1. The highest BCUT2D eigenvalue weighted by atomic mass is 19.1. The van der Waals surface area contributed by atoms with Gasteiger partial charge in [0.15, 0.2) is 23.2 Å². The normalized spacial score (nSPS) is 22.9. The maximum Gasteiger partial charge on any atom is 0.355 e. The van der Waals surface area contributed by atoms with Gasteiger partial charge < -0.3 is 9.80 Å². The summed E-state index contributed by atoms with van der Waals surface area (Å²) >= 11 is 0. The highest BCUT2D eigenvalue weighted by molar-refractivity contribution is 6.10. The monoisotopic (exact) mass is 643 g/mol. The number of anilines is 2. The molecule has 0 unspecified atom stereocenters. The lowest BCUT2D eigenvalue weighted by molar-refractivity contribution is -0.127. The molecule has 5 aliphatic rings. The third-order valence-electron chi connectivity index (χ3n) is 8.91. The predicted octanol–water partition coefficient (Wildman–Crippen LogP) is 3.73. The van der Waals surface area contributed by atoms with Gasteiger partial charge >= 0.3 is 5.69 Å². The Bertz CT molecular complexity index is 1920. The van der Waals surface area contributed by atoms with E-state index in [9.17, 15) is 24.4 Å². The molecule has 1 N–H and O–H groups in total. The number of halogens is 2. The first kappa shape index (κ1) is 30.5. The van der Waals surface area contributed by atoms with Crippen molar-refractivity contribution in [2.75, 3.05) is 29.6 Å². The summed E-state index contributed by atoms with van der Waals surface area (Å²) in [7, 11) is 0. The number of carbonyl (C=O) groups is 3. The Morgan fingerprint density at radius 2 is 1.68 bits per heavy atom. The second-order valence-electron chi connectivity index (χ2n) is 12.4. The van der Waals surface area contributed by atoms with E-state index in [0.717, 1.165) is 48.5 Å². The molecule has 2 aromatic heterocycles. The van der Waals surface area contributed by atoms with Crippen LogP contribution in [0.3, 0.4) is 0 Å². The van der Waals surface area contributed by atoms with Gasteiger partial charge in [0, 0.05) is 43.6 Å². The first-order chi connectivity index (χ1) is 22.5. The van der Waals surface area contributed by atoms with E-state index in [1.807, 2.05) is 0 Å². The SMILES string of the molecule is CC(=O)/C=C/C(=O)N1CCN(c2nc(=O)n(-c3c(C4CC4)ncnc3C3CC3)c3c2C=C(F)/C(=C2/C(=O)C=CC=C2F)N3O)[C@@H](C)C1. The molecule has 2 aliphatic heterocycles. The van der Waals surface area contributed by atoms with Crippen LogP contribution in [0.25, 0.3) is 11.8 Å². The molecule has 242 valence electrons. The Balaban J connectivity index is 1.42. The number of allylic oxidation sites excluding steroid dienone is 7. The average molecular weight is 644 g/mol. The maximum absolute atomic E-state index is 16.1. The first-order valence-electron chi connectivity index (χ1n) is 15.5. The van der Waals surface area contributed by atoms with Gasteiger partial charge in [0.2, 0.25) is 5.91 Å². The summed E-state index contributed by atoms with van der Waals surface area (Å²) in [5.41, 5.74) is -0.682. The lowest BCUT2D eigenvalue weighted by Gasteiger charge is -2.41.